The third-order valence-electron chi connectivity index (χ3n) is 12.1. The predicted octanol–water partition coefficient (Wildman–Crippen LogP) is 6.76. The van der Waals surface area contributed by atoms with Crippen LogP contribution in [-0.4, -0.2) is 93.5 Å². The number of anilines is 1. The number of pyridine rings is 1. The smallest absolute Gasteiger partial charge is 0.269 e. The first-order chi connectivity index (χ1) is 29.4. The van der Waals surface area contributed by atoms with Crippen molar-refractivity contribution in [2.75, 3.05) is 45.2 Å². The van der Waals surface area contributed by atoms with Crippen molar-refractivity contribution in [3.8, 4) is 11.1 Å². The zero-order valence-corrected chi connectivity index (χ0v) is 33.9. The van der Waals surface area contributed by atoms with Gasteiger partial charge >= 0.3 is 0 Å². The number of aromatic nitrogens is 4. The molecule has 318 valence electrons. The third-order valence-corrected chi connectivity index (χ3v) is 12.1. The van der Waals surface area contributed by atoms with Crippen LogP contribution >= 0.6 is 0 Å². The van der Waals surface area contributed by atoms with Crippen LogP contribution in [0.5, 0.6) is 0 Å². The standard InChI is InChI=1S/C45H46F4N8O4/c1-54(2)45(61)36-23-33-32(22-31(41(48)43(33)52-36)27-5-3-16-56(25-27)39(59)14-20-57-17-4-15-51-57)30-7-10-37(42(49)40(30)47)55-18-12-26(13-19-55)6-9-35-34(46)21-28(24-50-35)29-8-11-38(58)53-44(29)60/h4-5,7,10,15,17,21-24,26,29,52H,3,6,8-9,11-14,16,18-20,25H2,1-2H3,(H,53,58,60). The fraction of sp³-hybridized carbons (Fsp3) is 0.378. The summed E-state index contributed by atoms with van der Waals surface area (Å²) >= 11 is 0. The molecule has 1 atom stereocenters. The van der Waals surface area contributed by atoms with E-state index < -0.39 is 41.0 Å². The molecular formula is C45H46F4N8O4. The van der Waals surface area contributed by atoms with Crippen LogP contribution in [0, 0.1) is 29.2 Å². The van der Waals surface area contributed by atoms with E-state index in [1.807, 2.05) is 6.08 Å². The Bertz CT molecular complexity index is 2540. The van der Waals surface area contributed by atoms with Gasteiger partial charge in [-0.15, -0.1) is 0 Å². The maximum absolute atomic E-state index is 16.6. The molecule has 16 heteroatoms. The molecule has 12 nitrogen and oxygen atoms in total. The Morgan fingerprint density at radius 3 is 2.46 bits per heavy atom. The maximum atomic E-state index is 16.6. The van der Waals surface area contributed by atoms with Gasteiger partial charge in [0.2, 0.25) is 17.7 Å². The van der Waals surface area contributed by atoms with Crippen LogP contribution in [0.4, 0.5) is 23.2 Å². The van der Waals surface area contributed by atoms with Crippen molar-refractivity contribution in [1.82, 2.24) is 34.9 Å². The lowest BCUT2D eigenvalue weighted by Crippen LogP contribution is -2.39. The van der Waals surface area contributed by atoms with Crippen LogP contribution < -0.4 is 10.2 Å². The molecule has 5 aromatic rings. The molecule has 2 N–H and O–H groups in total. The lowest BCUT2D eigenvalue weighted by atomic mass is 9.89. The lowest BCUT2D eigenvalue weighted by Gasteiger charge is -2.34. The second-order valence-electron chi connectivity index (χ2n) is 16.2. The van der Waals surface area contributed by atoms with Crippen molar-refractivity contribution in [1.29, 1.82) is 0 Å². The number of amides is 4. The molecule has 0 radical (unpaired) electrons. The summed E-state index contributed by atoms with van der Waals surface area (Å²) in [7, 11) is 3.11. The van der Waals surface area contributed by atoms with E-state index in [2.05, 4.69) is 20.4 Å². The second kappa shape index (κ2) is 17.3. The van der Waals surface area contributed by atoms with Crippen molar-refractivity contribution in [2.45, 2.75) is 63.8 Å². The number of rotatable bonds is 11. The molecule has 1 unspecified atom stereocenters. The number of piperidine rings is 2. The number of fused-ring (bicyclic) bond motifs is 1. The highest BCUT2D eigenvalue weighted by Gasteiger charge is 2.31. The van der Waals surface area contributed by atoms with Crippen LogP contribution in [0.2, 0.25) is 0 Å². The lowest BCUT2D eigenvalue weighted by molar-refractivity contribution is -0.134. The van der Waals surface area contributed by atoms with E-state index in [4.69, 9.17) is 0 Å². The molecule has 3 aliphatic heterocycles. The normalized spacial score (nSPS) is 17.5. The molecule has 3 aromatic heterocycles. The first-order valence-electron chi connectivity index (χ1n) is 20.6. The number of hydrogen-bond donors (Lipinski definition) is 2. The second-order valence-corrected chi connectivity index (χ2v) is 16.2. The Kier molecular flexibility index (Phi) is 11.8. The van der Waals surface area contributed by atoms with Gasteiger partial charge in [0.1, 0.15) is 11.5 Å². The van der Waals surface area contributed by atoms with Gasteiger partial charge in [-0.2, -0.15) is 5.10 Å². The summed E-state index contributed by atoms with van der Waals surface area (Å²) in [5, 5.41) is 6.64. The van der Waals surface area contributed by atoms with E-state index in [0.717, 1.165) is 0 Å². The molecule has 4 amide bonds. The van der Waals surface area contributed by atoms with Gasteiger partial charge in [0, 0.05) is 94.8 Å². The largest absolute Gasteiger partial charge is 0.369 e. The summed E-state index contributed by atoms with van der Waals surface area (Å²) in [6.45, 7) is 1.82. The van der Waals surface area contributed by atoms with Gasteiger partial charge in [-0.3, -0.25) is 34.2 Å². The number of nitrogens with zero attached hydrogens (tertiary/aromatic N) is 6. The van der Waals surface area contributed by atoms with E-state index in [0.29, 0.717) is 75.8 Å². The SMILES string of the molecule is CN(C)C(=O)c1cc2c(-c3ccc(N4CCC(CCc5ncc(C6CCC(=O)NC6=O)cc5F)CC4)c(F)c3F)cc(C3=CCCN(C(=O)CCn4cccn4)C3)c(F)c2[nH]1. The third kappa shape index (κ3) is 8.53. The van der Waals surface area contributed by atoms with Crippen molar-refractivity contribution in [3.05, 3.63) is 107 Å². The van der Waals surface area contributed by atoms with Crippen LogP contribution in [0.1, 0.15) is 78.2 Å². The molecule has 2 fully saturated rings. The highest BCUT2D eigenvalue weighted by molar-refractivity contribution is 6.05. The fourth-order valence-electron chi connectivity index (χ4n) is 8.69. The monoisotopic (exact) mass is 838 g/mol. The van der Waals surface area contributed by atoms with Crippen LogP contribution in [-0.2, 0) is 27.3 Å². The van der Waals surface area contributed by atoms with Gasteiger partial charge in [-0.25, -0.2) is 17.6 Å². The molecule has 0 spiro atoms. The number of carbonyl (C=O) groups excluding carboxylic acids is 4. The summed E-state index contributed by atoms with van der Waals surface area (Å²) in [5.74, 6) is -5.13. The molecule has 0 bridgehead atoms. The molecule has 2 aromatic carbocycles. The number of aromatic amines is 1. The predicted molar refractivity (Wildman–Crippen MR) is 220 cm³/mol. The van der Waals surface area contributed by atoms with Crippen molar-refractivity contribution in [3.63, 3.8) is 0 Å². The molecule has 6 heterocycles. The summed E-state index contributed by atoms with van der Waals surface area (Å²) in [6, 6.07) is 9.01. The van der Waals surface area contributed by atoms with Gasteiger partial charge in [-0.05, 0) is 97.5 Å². The quantitative estimate of drug-likeness (QED) is 0.111. The average Bonchev–Trinajstić information content (AvgIpc) is 3.95. The minimum absolute atomic E-state index is 0.0352. The van der Waals surface area contributed by atoms with Crippen molar-refractivity contribution >= 4 is 45.8 Å². The van der Waals surface area contributed by atoms with Crippen LogP contribution in [0.25, 0.3) is 27.6 Å². The number of halogens is 4. The minimum atomic E-state index is -1.12. The van der Waals surface area contributed by atoms with Crippen LogP contribution in [0.3, 0.4) is 0 Å². The van der Waals surface area contributed by atoms with Gasteiger partial charge < -0.3 is 19.7 Å². The summed E-state index contributed by atoms with van der Waals surface area (Å²) in [5.41, 5.74) is 1.56. The molecule has 0 saturated carbocycles. The molecule has 3 aliphatic rings. The van der Waals surface area contributed by atoms with E-state index in [-0.39, 0.29) is 81.8 Å². The number of benzene rings is 2. The highest BCUT2D eigenvalue weighted by atomic mass is 19.2. The summed E-state index contributed by atoms with van der Waals surface area (Å²) < 4.78 is 66.0. The van der Waals surface area contributed by atoms with Crippen molar-refractivity contribution < 1.29 is 36.7 Å². The Balaban J connectivity index is 0.992. The van der Waals surface area contributed by atoms with Gasteiger partial charge in [-0.1, -0.05) is 6.08 Å². The first-order valence-corrected chi connectivity index (χ1v) is 20.6. The zero-order valence-electron chi connectivity index (χ0n) is 33.9. The van der Waals surface area contributed by atoms with E-state index in [1.165, 1.54) is 41.4 Å². The number of nitrogens with one attached hydrogen (secondary N) is 2. The molecule has 61 heavy (non-hydrogen) atoms. The first kappa shape index (κ1) is 41.4. The number of aryl methyl sites for hydroxylation is 2. The Morgan fingerprint density at radius 2 is 1.74 bits per heavy atom. The van der Waals surface area contributed by atoms with Crippen molar-refractivity contribution in [2.24, 2.45) is 5.92 Å². The number of hydrogen-bond acceptors (Lipinski definition) is 7. The maximum Gasteiger partial charge on any atom is 0.269 e. The van der Waals surface area contributed by atoms with E-state index >= 15 is 17.6 Å². The number of carbonyl (C=O) groups is 4. The zero-order chi connectivity index (χ0) is 42.9. The molecule has 2 saturated heterocycles. The van der Waals surface area contributed by atoms with E-state index in [1.54, 1.807) is 47.0 Å². The number of H-pyrrole nitrogens is 1. The molecule has 0 aliphatic carbocycles. The Labute approximate surface area is 349 Å². The minimum Gasteiger partial charge on any atom is -0.369 e. The highest BCUT2D eigenvalue weighted by Crippen LogP contribution is 2.40. The molecular weight excluding hydrogens is 793 g/mol. The summed E-state index contributed by atoms with van der Waals surface area (Å²) in [4.78, 5) is 62.0. The topological polar surface area (TPSA) is 137 Å². The fourth-order valence-corrected chi connectivity index (χ4v) is 8.69. The Morgan fingerprint density at radius 1 is 0.934 bits per heavy atom. The van der Waals surface area contributed by atoms with Gasteiger partial charge in [0.25, 0.3) is 5.91 Å². The Hall–Kier alpha value is -6.32. The van der Waals surface area contributed by atoms with E-state index in [9.17, 15) is 19.2 Å². The summed E-state index contributed by atoms with van der Waals surface area (Å²) in [6.07, 6.45) is 10.2. The van der Waals surface area contributed by atoms with Gasteiger partial charge in [0.15, 0.2) is 17.5 Å². The average molecular weight is 839 g/mol. The van der Waals surface area contributed by atoms with Gasteiger partial charge in [0.05, 0.1) is 22.8 Å². The van der Waals surface area contributed by atoms with Crippen LogP contribution in [0.15, 0.2) is 61.1 Å². The molecule has 8 rings (SSSR count). The number of imide groups is 1.